The second-order valence-electron chi connectivity index (χ2n) is 5.13. The van der Waals surface area contributed by atoms with Crippen molar-refractivity contribution in [1.29, 1.82) is 0 Å². The van der Waals surface area contributed by atoms with Crippen LogP contribution in [0.25, 0.3) is 0 Å². The molecule has 1 aromatic rings. The molecule has 1 aromatic carbocycles. The molecule has 0 saturated heterocycles. The van der Waals surface area contributed by atoms with E-state index in [4.69, 9.17) is 0 Å². The van der Waals surface area contributed by atoms with E-state index in [9.17, 15) is 17.9 Å². The van der Waals surface area contributed by atoms with Crippen LogP contribution < -0.4 is 10.0 Å². The smallest absolute Gasteiger partial charge is 0.209 e. The molecule has 0 saturated carbocycles. The summed E-state index contributed by atoms with van der Waals surface area (Å²) in [5.74, 6) is -0.425. The van der Waals surface area contributed by atoms with Crippen LogP contribution in [0, 0.1) is 5.82 Å². The van der Waals surface area contributed by atoms with Gasteiger partial charge in [0.25, 0.3) is 0 Å². The van der Waals surface area contributed by atoms with E-state index >= 15 is 0 Å². The first-order valence-corrected chi connectivity index (χ1v) is 7.65. The van der Waals surface area contributed by atoms with Crippen LogP contribution in [-0.4, -0.2) is 31.9 Å². The van der Waals surface area contributed by atoms with Crippen molar-refractivity contribution in [3.63, 3.8) is 0 Å². The highest BCUT2D eigenvalue weighted by Gasteiger charge is 2.21. The zero-order valence-electron chi connectivity index (χ0n) is 11.2. The van der Waals surface area contributed by atoms with Crippen LogP contribution in [0.1, 0.15) is 19.4 Å². The van der Waals surface area contributed by atoms with Crippen molar-refractivity contribution < 1.29 is 17.9 Å². The Morgan fingerprint density at radius 3 is 2.58 bits per heavy atom. The molecular formula is C12H19FN2O3S. The van der Waals surface area contributed by atoms with Gasteiger partial charge in [0.15, 0.2) is 0 Å². The minimum atomic E-state index is -3.29. The lowest BCUT2D eigenvalue weighted by Crippen LogP contribution is -2.49. The first-order chi connectivity index (χ1) is 8.59. The summed E-state index contributed by atoms with van der Waals surface area (Å²) in [6, 6.07) is 3.69. The van der Waals surface area contributed by atoms with E-state index in [1.54, 1.807) is 13.8 Å². The van der Waals surface area contributed by atoms with Crippen LogP contribution in [-0.2, 0) is 16.6 Å². The van der Waals surface area contributed by atoms with Gasteiger partial charge in [0.1, 0.15) is 11.6 Å². The number of rotatable bonds is 6. The molecular weight excluding hydrogens is 271 g/mol. The monoisotopic (exact) mass is 290 g/mol. The van der Waals surface area contributed by atoms with Crippen LogP contribution in [0.4, 0.5) is 4.39 Å². The van der Waals surface area contributed by atoms with Gasteiger partial charge in [0.05, 0.1) is 6.26 Å². The highest BCUT2D eigenvalue weighted by atomic mass is 32.2. The Morgan fingerprint density at radius 2 is 2.00 bits per heavy atom. The molecule has 0 bridgehead atoms. The Hall–Kier alpha value is -1.18. The second kappa shape index (κ2) is 5.85. The van der Waals surface area contributed by atoms with Crippen molar-refractivity contribution in [2.75, 3.05) is 12.8 Å². The van der Waals surface area contributed by atoms with Gasteiger partial charge in [-0.15, -0.1) is 0 Å². The molecule has 0 atom stereocenters. The maximum atomic E-state index is 13.0. The Balaban J connectivity index is 2.56. The van der Waals surface area contributed by atoms with E-state index in [0.29, 0.717) is 12.1 Å². The summed E-state index contributed by atoms with van der Waals surface area (Å²) in [6.07, 6.45) is 1.09. The fraction of sp³-hybridized carbons (Fsp3) is 0.500. The lowest BCUT2D eigenvalue weighted by atomic mass is 10.1. The van der Waals surface area contributed by atoms with Crippen LogP contribution in [0.5, 0.6) is 5.75 Å². The molecule has 0 radical (unpaired) electrons. The summed E-state index contributed by atoms with van der Waals surface area (Å²) in [6.45, 7) is 4.05. The van der Waals surface area contributed by atoms with Gasteiger partial charge in [-0.3, -0.25) is 0 Å². The Labute approximate surface area is 112 Å². The Bertz CT molecular complexity index is 544. The third-order valence-electron chi connectivity index (χ3n) is 2.39. The minimum absolute atomic E-state index is 0.00257. The molecule has 0 heterocycles. The topological polar surface area (TPSA) is 78.4 Å². The molecule has 5 nitrogen and oxygen atoms in total. The van der Waals surface area contributed by atoms with Gasteiger partial charge in [0.2, 0.25) is 10.0 Å². The number of nitrogens with one attached hydrogen (secondary N) is 2. The fourth-order valence-electron chi connectivity index (χ4n) is 1.74. The van der Waals surface area contributed by atoms with E-state index in [0.717, 1.165) is 6.26 Å². The summed E-state index contributed by atoms with van der Waals surface area (Å²) in [5.41, 5.74) is -0.244. The Morgan fingerprint density at radius 1 is 1.37 bits per heavy atom. The molecule has 3 N–H and O–H groups in total. The van der Waals surface area contributed by atoms with Crippen molar-refractivity contribution in [3.8, 4) is 5.75 Å². The van der Waals surface area contributed by atoms with Crippen LogP contribution in [0.15, 0.2) is 18.2 Å². The maximum absolute atomic E-state index is 13.0. The van der Waals surface area contributed by atoms with Gasteiger partial charge >= 0.3 is 0 Å². The van der Waals surface area contributed by atoms with E-state index in [1.165, 1.54) is 18.2 Å². The summed E-state index contributed by atoms with van der Waals surface area (Å²) in [5, 5.41) is 12.5. The average Bonchev–Trinajstić information content (AvgIpc) is 2.19. The molecule has 19 heavy (non-hydrogen) atoms. The van der Waals surface area contributed by atoms with Crippen molar-refractivity contribution in [2.24, 2.45) is 0 Å². The van der Waals surface area contributed by atoms with Crippen LogP contribution >= 0.6 is 0 Å². The SMILES string of the molecule is CC(C)(CNCc1cc(F)ccc1O)NS(C)(=O)=O. The quantitative estimate of drug-likeness (QED) is 0.729. The number of halogens is 1. The molecule has 0 aliphatic carbocycles. The number of benzene rings is 1. The van der Waals surface area contributed by atoms with E-state index < -0.39 is 21.4 Å². The van der Waals surface area contributed by atoms with Crippen molar-refractivity contribution in [3.05, 3.63) is 29.6 Å². The molecule has 108 valence electrons. The third-order valence-corrected chi connectivity index (χ3v) is 3.31. The molecule has 0 aliphatic rings. The highest BCUT2D eigenvalue weighted by molar-refractivity contribution is 7.88. The molecule has 0 unspecified atom stereocenters. The van der Waals surface area contributed by atoms with Gasteiger partial charge in [0, 0.05) is 24.2 Å². The second-order valence-corrected chi connectivity index (χ2v) is 6.88. The molecule has 0 aromatic heterocycles. The van der Waals surface area contributed by atoms with Gasteiger partial charge in [-0.05, 0) is 32.0 Å². The van der Waals surface area contributed by atoms with E-state index in [1.807, 2.05) is 0 Å². The Kier molecular flexibility index (Phi) is 4.89. The number of aromatic hydroxyl groups is 1. The number of phenolic OH excluding ortho intramolecular Hbond substituents is 1. The van der Waals surface area contributed by atoms with Gasteiger partial charge in [-0.1, -0.05) is 0 Å². The van der Waals surface area contributed by atoms with Gasteiger partial charge in [-0.25, -0.2) is 17.5 Å². The highest BCUT2D eigenvalue weighted by Crippen LogP contribution is 2.17. The minimum Gasteiger partial charge on any atom is -0.508 e. The number of hydrogen-bond donors (Lipinski definition) is 3. The fourth-order valence-corrected chi connectivity index (χ4v) is 2.82. The molecule has 0 spiro atoms. The largest absolute Gasteiger partial charge is 0.508 e. The lowest BCUT2D eigenvalue weighted by Gasteiger charge is -2.25. The van der Waals surface area contributed by atoms with E-state index in [2.05, 4.69) is 10.0 Å². The van der Waals surface area contributed by atoms with Gasteiger partial charge in [-0.2, -0.15) is 0 Å². The molecule has 0 aliphatic heterocycles. The van der Waals surface area contributed by atoms with Crippen molar-refractivity contribution >= 4 is 10.0 Å². The number of hydrogen-bond acceptors (Lipinski definition) is 4. The zero-order valence-corrected chi connectivity index (χ0v) is 12.0. The maximum Gasteiger partial charge on any atom is 0.209 e. The van der Waals surface area contributed by atoms with Crippen molar-refractivity contribution in [1.82, 2.24) is 10.0 Å². The average molecular weight is 290 g/mol. The zero-order chi connectivity index (χ0) is 14.7. The molecule has 7 heteroatoms. The first kappa shape index (κ1) is 15.9. The van der Waals surface area contributed by atoms with Crippen LogP contribution in [0.3, 0.4) is 0 Å². The molecule has 0 amide bonds. The predicted molar refractivity (Wildman–Crippen MR) is 71.8 cm³/mol. The first-order valence-electron chi connectivity index (χ1n) is 5.76. The molecule has 0 fully saturated rings. The van der Waals surface area contributed by atoms with E-state index in [-0.39, 0.29) is 12.3 Å². The number of sulfonamides is 1. The summed E-state index contributed by atoms with van der Waals surface area (Å²) in [7, 11) is -3.29. The van der Waals surface area contributed by atoms with Gasteiger partial charge < -0.3 is 10.4 Å². The summed E-state index contributed by atoms with van der Waals surface area (Å²) in [4.78, 5) is 0. The molecule has 1 rings (SSSR count). The third kappa shape index (κ3) is 6.00. The number of phenols is 1. The lowest BCUT2D eigenvalue weighted by molar-refractivity contribution is 0.414. The summed E-state index contributed by atoms with van der Waals surface area (Å²) >= 11 is 0. The normalized spacial score (nSPS) is 12.6. The summed E-state index contributed by atoms with van der Waals surface area (Å²) < 4.78 is 37.8. The van der Waals surface area contributed by atoms with Crippen LogP contribution in [0.2, 0.25) is 0 Å². The standard InChI is InChI=1S/C12H19FN2O3S/c1-12(2,15-19(3,17)18)8-14-7-9-6-10(13)4-5-11(9)16/h4-6,14-16H,7-8H2,1-3H3. The van der Waals surface area contributed by atoms with Crippen molar-refractivity contribution in [2.45, 2.75) is 25.9 Å². The predicted octanol–water partition coefficient (Wildman–Crippen LogP) is 0.949.